The first kappa shape index (κ1) is 16.3. The van der Waals surface area contributed by atoms with Gasteiger partial charge in [0.15, 0.2) is 0 Å². The molecule has 0 aliphatic rings. The average Bonchev–Trinajstić information content (AvgIpc) is 2.49. The van der Waals surface area contributed by atoms with Crippen molar-refractivity contribution < 1.29 is 22.0 Å². The molecule has 1 heterocycles. The highest BCUT2D eigenvalue weighted by Gasteiger charge is 2.26. The summed E-state index contributed by atoms with van der Waals surface area (Å²) in [6.45, 7) is 0. The molecule has 1 amide bonds. The van der Waals surface area contributed by atoms with Gasteiger partial charge in [-0.1, -0.05) is 11.6 Å². The Labute approximate surface area is 129 Å². The zero-order chi connectivity index (χ0) is 16.3. The summed E-state index contributed by atoms with van der Waals surface area (Å²) in [6, 6.07) is 7.19. The third-order valence-electron chi connectivity index (χ3n) is 2.65. The van der Waals surface area contributed by atoms with Gasteiger partial charge in [-0.05, 0) is 36.4 Å². The fourth-order valence-electron chi connectivity index (χ4n) is 1.54. The molecule has 0 bridgehead atoms. The number of anilines is 1. The number of hydrogen-bond donors (Lipinski definition) is 1. The van der Waals surface area contributed by atoms with Gasteiger partial charge in [0.2, 0.25) is 9.84 Å². The van der Waals surface area contributed by atoms with E-state index >= 15 is 0 Å². The highest BCUT2D eigenvalue weighted by Crippen LogP contribution is 2.19. The average molecular weight is 347 g/mol. The second-order valence-corrected chi connectivity index (χ2v) is 6.50. The third-order valence-corrected chi connectivity index (χ3v) is 4.27. The molecule has 1 N–H and O–H groups in total. The number of pyridine rings is 1. The van der Waals surface area contributed by atoms with Gasteiger partial charge in [-0.3, -0.25) is 4.79 Å². The van der Waals surface area contributed by atoms with E-state index in [2.05, 4.69) is 10.3 Å². The van der Waals surface area contributed by atoms with Crippen LogP contribution in [0.25, 0.3) is 0 Å². The van der Waals surface area contributed by atoms with Crippen molar-refractivity contribution in [3.05, 3.63) is 53.2 Å². The number of alkyl halides is 2. The Morgan fingerprint density at radius 2 is 1.77 bits per heavy atom. The van der Waals surface area contributed by atoms with Crippen LogP contribution in [0.4, 0.5) is 14.6 Å². The molecule has 22 heavy (non-hydrogen) atoms. The Hall–Kier alpha value is -2.06. The number of halogens is 3. The van der Waals surface area contributed by atoms with Gasteiger partial charge in [-0.25, -0.2) is 13.4 Å². The number of nitrogens with one attached hydrogen (secondary N) is 1. The fraction of sp³-hybridized carbons (Fsp3) is 0.0769. The van der Waals surface area contributed by atoms with Crippen LogP contribution in [0.5, 0.6) is 0 Å². The highest BCUT2D eigenvalue weighted by atomic mass is 35.5. The number of hydrogen-bond acceptors (Lipinski definition) is 4. The van der Waals surface area contributed by atoms with E-state index in [0.717, 1.165) is 24.3 Å². The van der Waals surface area contributed by atoms with Crippen molar-refractivity contribution in [2.24, 2.45) is 0 Å². The van der Waals surface area contributed by atoms with Crippen molar-refractivity contribution >= 4 is 33.2 Å². The molecular formula is C13H9ClF2N2O3S. The van der Waals surface area contributed by atoms with E-state index in [1.54, 1.807) is 0 Å². The highest BCUT2D eigenvalue weighted by molar-refractivity contribution is 7.91. The van der Waals surface area contributed by atoms with Crippen LogP contribution in [0.3, 0.4) is 0 Å². The smallest absolute Gasteiger partial charge is 0.307 e. The normalized spacial score (nSPS) is 11.5. The van der Waals surface area contributed by atoms with Gasteiger partial charge < -0.3 is 5.32 Å². The number of rotatable bonds is 4. The molecule has 1 aromatic heterocycles. The zero-order valence-corrected chi connectivity index (χ0v) is 12.4. The first-order valence-corrected chi connectivity index (χ1v) is 7.78. The molecule has 5 nitrogen and oxygen atoms in total. The number of carbonyl (C=O) groups is 1. The van der Waals surface area contributed by atoms with E-state index in [1.165, 1.54) is 18.3 Å². The number of aromatic nitrogens is 1. The molecule has 0 fully saturated rings. The fourth-order valence-corrected chi connectivity index (χ4v) is 2.37. The minimum atomic E-state index is -4.68. The second kappa shape index (κ2) is 6.37. The summed E-state index contributed by atoms with van der Waals surface area (Å²) in [5, 5.41) is 2.86. The van der Waals surface area contributed by atoms with Gasteiger partial charge in [0.1, 0.15) is 5.82 Å². The van der Waals surface area contributed by atoms with Crippen molar-refractivity contribution in [2.75, 3.05) is 5.32 Å². The monoisotopic (exact) mass is 346 g/mol. The summed E-state index contributed by atoms with van der Waals surface area (Å²) in [7, 11) is -4.68. The Balaban J connectivity index is 2.16. The van der Waals surface area contributed by atoms with Gasteiger partial charge in [-0.2, -0.15) is 8.78 Å². The van der Waals surface area contributed by atoms with Gasteiger partial charge in [0.05, 0.1) is 9.92 Å². The maximum Gasteiger partial charge on any atom is 0.341 e. The maximum atomic E-state index is 12.4. The lowest BCUT2D eigenvalue weighted by atomic mass is 10.2. The molecule has 0 unspecified atom stereocenters. The lowest BCUT2D eigenvalue weighted by molar-refractivity contribution is 0.102. The summed E-state index contributed by atoms with van der Waals surface area (Å²) in [6.07, 6.45) is 1.34. The van der Waals surface area contributed by atoms with Crippen LogP contribution in [-0.4, -0.2) is 25.1 Å². The first-order chi connectivity index (χ1) is 10.3. The SMILES string of the molecule is O=C(Nc1ccc(Cl)cn1)c1ccc(S(=O)(=O)C(F)F)cc1. The van der Waals surface area contributed by atoms with Crippen LogP contribution >= 0.6 is 11.6 Å². The Bertz CT molecular complexity index is 778. The van der Waals surface area contributed by atoms with E-state index in [9.17, 15) is 22.0 Å². The van der Waals surface area contributed by atoms with Crippen LogP contribution in [0, 0.1) is 0 Å². The predicted octanol–water partition coefficient (Wildman–Crippen LogP) is 2.98. The van der Waals surface area contributed by atoms with Gasteiger partial charge >= 0.3 is 5.76 Å². The Kier molecular flexibility index (Phi) is 4.72. The molecule has 0 aliphatic carbocycles. The lowest BCUT2D eigenvalue weighted by Gasteiger charge is -2.06. The molecule has 0 saturated heterocycles. The molecule has 0 radical (unpaired) electrons. The van der Waals surface area contributed by atoms with Crippen LogP contribution < -0.4 is 5.32 Å². The van der Waals surface area contributed by atoms with Crippen molar-refractivity contribution in [1.82, 2.24) is 4.98 Å². The van der Waals surface area contributed by atoms with E-state index in [0.29, 0.717) is 5.02 Å². The first-order valence-electron chi connectivity index (χ1n) is 5.86. The van der Waals surface area contributed by atoms with E-state index in [-0.39, 0.29) is 11.4 Å². The standard InChI is InChI=1S/C13H9ClF2N2O3S/c14-9-3-6-11(17-7-9)18-12(19)8-1-4-10(5-2-8)22(20,21)13(15)16/h1-7,13H,(H,17,18,19). The van der Waals surface area contributed by atoms with E-state index < -0.39 is 26.4 Å². The number of nitrogens with zero attached hydrogens (tertiary/aromatic N) is 1. The van der Waals surface area contributed by atoms with Crippen molar-refractivity contribution in [3.8, 4) is 0 Å². The zero-order valence-electron chi connectivity index (χ0n) is 10.8. The Morgan fingerprint density at radius 3 is 2.27 bits per heavy atom. The molecule has 0 spiro atoms. The summed E-state index contributed by atoms with van der Waals surface area (Å²) in [4.78, 5) is 15.2. The molecule has 0 saturated carbocycles. The van der Waals surface area contributed by atoms with Crippen LogP contribution in [0.15, 0.2) is 47.5 Å². The van der Waals surface area contributed by atoms with Crippen LogP contribution in [0.2, 0.25) is 5.02 Å². The van der Waals surface area contributed by atoms with Crippen LogP contribution in [0.1, 0.15) is 10.4 Å². The van der Waals surface area contributed by atoms with Crippen molar-refractivity contribution in [3.63, 3.8) is 0 Å². The predicted molar refractivity (Wildman–Crippen MR) is 76.8 cm³/mol. The number of amides is 1. The molecular weight excluding hydrogens is 338 g/mol. The summed E-state index contributed by atoms with van der Waals surface area (Å²) >= 11 is 5.66. The number of sulfone groups is 1. The lowest BCUT2D eigenvalue weighted by Crippen LogP contribution is -2.14. The van der Waals surface area contributed by atoms with Gasteiger partial charge in [0, 0.05) is 11.8 Å². The minimum absolute atomic E-state index is 0.102. The molecule has 2 rings (SSSR count). The minimum Gasteiger partial charge on any atom is -0.307 e. The van der Waals surface area contributed by atoms with Gasteiger partial charge in [-0.15, -0.1) is 0 Å². The van der Waals surface area contributed by atoms with E-state index in [4.69, 9.17) is 11.6 Å². The quantitative estimate of drug-likeness (QED) is 0.923. The molecule has 1 aromatic carbocycles. The number of carbonyl (C=O) groups excluding carboxylic acids is 1. The summed E-state index contributed by atoms with van der Waals surface area (Å²) < 4.78 is 47.3. The van der Waals surface area contributed by atoms with Gasteiger partial charge in [0.25, 0.3) is 5.91 Å². The molecule has 116 valence electrons. The van der Waals surface area contributed by atoms with Crippen molar-refractivity contribution in [1.29, 1.82) is 0 Å². The molecule has 9 heteroatoms. The number of benzene rings is 1. The summed E-state index contributed by atoms with van der Waals surface area (Å²) in [5.41, 5.74) is 0.102. The molecule has 2 aromatic rings. The largest absolute Gasteiger partial charge is 0.341 e. The van der Waals surface area contributed by atoms with Crippen LogP contribution in [-0.2, 0) is 9.84 Å². The van der Waals surface area contributed by atoms with Crippen molar-refractivity contribution in [2.45, 2.75) is 10.7 Å². The summed E-state index contributed by atoms with van der Waals surface area (Å²) in [5.74, 6) is -3.82. The Morgan fingerprint density at radius 1 is 1.14 bits per heavy atom. The van der Waals surface area contributed by atoms with E-state index in [1.807, 2.05) is 0 Å². The molecule has 0 atom stereocenters. The maximum absolute atomic E-state index is 12.4. The molecule has 0 aliphatic heterocycles. The third kappa shape index (κ3) is 3.58. The second-order valence-electron chi connectivity index (χ2n) is 4.15. The topological polar surface area (TPSA) is 76.1 Å².